The second kappa shape index (κ2) is 4.67. The number of morpholine rings is 1. The van der Waals surface area contributed by atoms with Crippen LogP contribution in [0.5, 0.6) is 0 Å². The largest absolute Gasteiger partial charge is 0.469 e. The molecule has 2 rings (SSSR count). The maximum atomic E-state index is 12.2. The quantitative estimate of drug-likeness (QED) is 0.789. The van der Waals surface area contributed by atoms with E-state index in [0.717, 1.165) is 0 Å². The number of carbonyl (C=O) groups is 1. The van der Waals surface area contributed by atoms with E-state index in [2.05, 4.69) is 0 Å². The van der Waals surface area contributed by atoms with E-state index in [0.29, 0.717) is 37.6 Å². The van der Waals surface area contributed by atoms with Crippen molar-refractivity contribution < 1.29 is 13.9 Å². The van der Waals surface area contributed by atoms with Crippen molar-refractivity contribution >= 4 is 5.91 Å². The molecule has 0 saturated carbocycles. The van der Waals surface area contributed by atoms with Crippen LogP contribution in [0.3, 0.4) is 0 Å². The highest BCUT2D eigenvalue weighted by molar-refractivity contribution is 5.95. The standard InChI is InChI=1S/C11H16N2O3/c1-8-10(2-4-16-8)11(14)13-3-5-15-7-9(13)6-12/h2,4,9H,3,5-7,12H2,1H3. The molecular weight excluding hydrogens is 208 g/mol. The highest BCUT2D eigenvalue weighted by Gasteiger charge is 2.28. The van der Waals surface area contributed by atoms with Crippen molar-refractivity contribution in [1.82, 2.24) is 4.90 Å². The lowest BCUT2D eigenvalue weighted by Gasteiger charge is -2.34. The minimum Gasteiger partial charge on any atom is -0.469 e. The van der Waals surface area contributed by atoms with Gasteiger partial charge in [-0.3, -0.25) is 4.79 Å². The Labute approximate surface area is 94.1 Å². The van der Waals surface area contributed by atoms with E-state index in [1.165, 1.54) is 6.26 Å². The van der Waals surface area contributed by atoms with Crippen LogP contribution in [0, 0.1) is 6.92 Å². The van der Waals surface area contributed by atoms with Crippen molar-refractivity contribution in [3.8, 4) is 0 Å². The van der Waals surface area contributed by atoms with Gasteiger partial charge in [-0.15, -0.1) is 0 Å². The van der Waals surface area contributed by atoms with Gasteiger partial charge in [0.25, 0.3) is 5.91 Å². The molecule has 5 nitrogen and oxygen atoms in total. The van der Waals surface area contributed by atoms with E-state index in [9.17, 15) is 4.79 Å². The maximum Gasteiger partial charge on any atom is 0.257 e. The second-order valence-corrected chi connectivity index (χ2v) is 3.85. The van der Waals surface area contributed by atoms with Gasteiger partial charge in [0, 0.05) is 13.1 Å². The van der Waals surface area contributed by atoms with Gasteiger partial charge in [0.2, 0.25) is 0 Å². The van der Waals surface area contributed by atoms with Gasteiger partial charge >= 0.3 is 0 Å². The molecule has 5 heteroatoms. The Morgan fingerprint density at radius 2 is 2.50 bits per heavy atom. The first-order valence-electron chi connectivity index (χ1n) is 5.37. The van der Waals surface area contributed by atoms with Crippen LogP contribution in [0.2, 0.25) is 0 Å². The molecular formula is C11H16N2O3. The summed E-state index contributed by atoms with van der Waals surface area (Å²) in [5.41, 5.74) is 6.24. The third kappa shape index (κ3) is 1.96. The molecule has 2 N–H and O–H groups in total. The lowest BCUT2D eigenvalue weighted by atomic mass is 10.1. The number of hydrogen-bond acceptors (Lipinski definition) is 4. The number of rotatable bonds is 2. The zero-order chi connectivity index (χ0) is 11.5. The van der Waals surface area contributed by atoms with Crippen LogP contribution in [0.4, 0.5) is 0 Å². The van der Waals surface area contributed by atoms with E-state index in [4.69, 9.17) is 14.9 Å². The molecule has 0 spiro atoms. The zero-order valence-electron chi connectivity index (χ0n) is 9.31. The number of nitrogens with zero attached hydrogens (tertiary/aromatic N) is 1. The summed E-state index contributed by atoms with van der Waals surface area (Å²) in [6, 6.07) is 1.66. The van der Waals surface area contributed by atoms with Crippen LogP contribution in [-0.2, 0) is 4.74 Å². The Morgan fingerprint density at radius 1 is 1.69 bits per heavy atom. The Kier molecular flexibility index (Phi) is 3.26. The number of ether oxygens (including phenoxy) is 1. The highest BCUT2D eigenvalue weighted by Crippen LogP contribution is 2.15. The van der Waals surface area contributed by atoms with E-state index in [1.54, 1.807) is 17.9 Å². The van der Waals surface area contributed by atoms with Gasteiger partial charge < -0.3 is 19.8 Å². The molecule has 1 amide bonds. The Morgan fingerprint density at radius 3 is 3.12 bits per heavy atom. The Balaban J connectivity index is 2.17. The van der Waals surface area contributed by atoms with Crippen LogP contribution in [0.1, 0.15) is 16.1 Å². The lowest BCUT2D eigenvalue weighted by molar-refractivity contribution is 0.000749. The van der Waals surface area contributed by atoms with Crippen molar-refractivity contribution in [3.05, 3.63) is 23.7 Å². The van der Waals surface area contributed by atoms with Crippen LogP contribution >= 0.6 is 0 Å². The number of nitrogens with two attached hydrogens (primary N) is 1. The van der Waals surface area contributed by atoms with Crippen LogP contribution < -0.4 is 5.73 Å². The third-order valence-electron chi connectivity index (χ3n) is 2.85. The number of carbonyl (C=O) groups excluding carboxylic acids is 1. The molecule has 1 aromatic rings. The molecule has 1 aliphatic rings. The molecule has 1 aliphatic heterocycles. The summed E-state index contributed by atoms with van der Waals surface area (Å²) in [7, 11) is 0. The molecule has 1 fully saturated rings. The topological polar surface area (TPSA) is 68.7 Å². The van der Waals surface area contributed by atoms with Crippen LogP contribution in [0.15, 0.2) is 16.7 Å². The summed E-state index contributed by atoms with van der Waals surface area (Å²) in [4.78, 5) is 14.0. The van der Waals surface area contributed by atoms with Gasteiger partial charge in [0.15, 0.2) is 0 Å². The maximum absolute atomic E-state index is 12.2. The average Bonchev–Trinajstić information content (AvgIpc) is 2.74. The molecule has 0 radical (unpaired) electrons. The Bertz CT molecular complexity index is 375. The summed E-state index contributed by atoms with van der Waals surface area (Å²) in [5, 5.41) is 0. The molecule has 1 aromatic heterocycles. The first kappa shape index (κ1) is 11.2. The molecule has 16 heavy (non-hydrogen) atoms. The minimum atomic E-state index is -0.0319. The van der Waals surface area contributed by atoms with Crippen molar-refractivity contribution in [2.24, 2.45) is 5.73 Å². The monoisotopic (exact) mass is 224 g/mol. The normalized spacial score (nSPS) is 21.1. The molecule has 0 aliphatic carbocycles. The van der Waals surface area contributed by atoms with E-state index in [-0.39, 0.29) is 11.9 Å². The third-order valence-corrected chi connectivity index (χ3v) is 2.85. The first-order chi connectivity index (χ1) is 7.74. The molecule has 88 valence electrons. The summed E-state index contributed by atoms with van der Waals surface area (Å²) in [5.74, 6) is 0.622. The summed E-state index contributed by atoms with van der Waals surface area (Å²) < 4.78 is 10.4. The second-order valence-electron chi connectivity index (χ2n) is 3.85. The van der Waals surface area contributed by atoms with E-state index in [1.807, 2.05) is 0 Å². The smallest absolute Gasteiger partial charge is 0.257 e. The van der Waals surface area contributed by atoms with Crippen molar-refractivity contribution in [2.75, 3.05) is 26.3 Å². The molecule has 1 unspecified atom stereocenters. The predicted octanol–water partition coefficient (Wildman–Crippen LogP) is 0.388. The number of amides is 1. The summed E-state index contributed by atoms with van der Waals surface area (Å²) in [6.45, 7) is 3.87. The van der Waals surface area contributed by atoms with E-state index >= 15 is 0 Å². The van der Waals surface area contributed by atoms with Crippen LogP contribution in [-0.4, -0.2) is 43.2 Å². The van der Waals surface area contributed by atoms with Gasteiger partial charge in [0.1, 0.15) is 5.76 Å². The van der Waals surface area contributed by atoms with Gasteiger partial charge in [-0.1, -0.05) is 0 Å². The fourth-order valence-electron chi connectivity index (χ4n) is 1.88. The molecule has 0 aromatic carbocycles. The number of aryl methyl sites for hydroxylation is 1. The van der Waals surface area contributed by atoms with Crippen molar-refractivity contribution in [3.63, 3.8) is 0 Å². The van der Waals surface area contributed by atoms with Gasteiger partial charge in [-0.25, -0.2) is 0 Å². The number of furan rings is 1. The lowest BCUT2D eigenvalue weighted by Crippen LogP contribution is -2.52. The minimum absolute atomic E-state index is 0.0231. The number of hydrogen-bond donors (Lipinski definition) is 1. The zero-order valence-corrected chi connectivity index (χ0v) is 9.31. The molecule has 2 heterocycles. The molecule has 0 bridgehead atoms. The first-order valence-corrected chi connectivity index (χ1v) is 5.37. The molecule has 1 atom stereocenters. The SMILES string of the molecule is Cc1occc1C(=O)N1CCOCC1CN. The summed E-state index contributed by atoms with van der Waals surface area (Å²) >= 11 is 0. The van der Waals surface area contributed by atoms with Gasteiger partial charge in [0.05, 0.1) is 31.1 Å². The van der Waals surface area contributed by atoms with Crippen molar-refractivity contribution in [2.45, 2.75) is 13.0 Å². The van der Waals surface area contributed by atoms with Gasteiger partial charge in [-0.2, -0.15) is 0 Å². The van der Waals surface area contributed by atoms with E-state index < -0.39 is 0 Å². The average molecular weight is 224 g/mol. The predicted molar refractivity (Wildman–Crippen MR) is 58.1 cm³/mol. The highest BCUT2D eigenvalue weighted by atomic mass is 16.5. The van der Waals surface area contributed by atoms with Crippen molar-refractivity contribution in [1.29, 1.82) is 0 Å². The fraction of sp³-hybridized carbons (Fsp3) is 0.545. The Hall–Kier alpha value is -1.33. The summed E-state index contributed by atoms with van der Waals surface area (Å²) in [6.07, 6.45) is 1.53. The van der Waals surface area contributed by atoms with Gasteiger partial charge in [-0.05, 0) is 13.0 Å². The molecule has 1 saturated heterocycles. The van der Waals surface area contributed by atoms with Crippen LogP contribution in [0.25, 0.3) is 0 Å². The fourth-order valence-corrected chi connectivity index (χ4v) is 1.88.